The largest absolute Gasteiger partial charge is 0.382 e. The van der Waals surface area contributed by atoms with E-state index in [1.165, 1.54) is 4.90 Å². The molecule has 1 aromatic carbocycles. The first-order valence-corrected chi connectivity index (χ1v) is 10.2. The molecular formula is C23H24BN5O2. The Balaban J connectivity index is 1.78. The minimum atomic E-state index is -1.62. The quantitative estimate of drug-likeness (QED) is 0.471. The number of benzene rings is 1. The molecule has 1 aliphatic heterocycles. The van der Waals surface area contributed by atoms with E-state index in [1.54, 1.807) is 7.05 Å². The van der Waals surface area contributed by atoms with Crippen LogP contribution in [0.4, 0.5) is 5.82 Å². The molecule has 3 heterocycles. The Labute approximate surface area is 182 Å². The van der Waals surface area contributed by atoms with E-state index in [1.807, 2.05) is 38.2 Å². The summed E-state index contributed by atoms with van der Waals surface area (Å²) in [6.07, 6.45) is 0.303. The fourth-order valence-corrected chi connectivity index (χ4v) is 3.76. The van der Waals surface area contributed by atoms with Crippen LogP contribution in [0.5, 0.6) is 0 Å². The normalized spacial score (nSPS) is 18.5. The molecule has 0 aliphatic carbocycles. The van der Waals surface area contributed by atoms with Crippen LogP contribution in [0, 0.1) is 11.8 Å². The highest BCUT2D eigenvalue weighted by Gasteiger charge is 2.42. The summed E-state index contributed by atoms with van der Waals surface area (Å²) in [6.45, 7) is 4.70. The van der Waals surface area contributed by atoms with Gasteiger partial charge in [-0.25, -0.2) is 15.0 Å². The average Bonchev–Trinajstić information content (AvgIpc) is 2.99. The standard InChI is InChI=1S/C23H24BN5O2/c1-13(2)16-12-17(26-19-18(16)27-22(24)28-20(19)25)15-6-4-5-14(11-15)7-8-23(31)9-10-29(3)21(23)30/h4-6,11-13,31H,9-10,24H2,1-3H3,(H2,25,27,28)/t23-/m0/s1. The maximum absolute atomic E-state index is 12.2. The third kappa shape index (κ3) is 3.85. The Kier molecular flexibility index (Phi) is 5.15. The molecule has 156 valence electrons. The number of amides is 1. The number of nitrogen functional groups attached to an aromatic ring is 1. The molecular weight excluding hydrogens is 389 g/mol. The SMILES string of the molecule is Bc1nc(N)c2nc(-c3cccc(C#C[C@]4(O)CCN(C)C4=O)c3)cc(C(C)C)c2n1. The number of anilines is 1. The highest BCUT2D eigenvalue weighted by atomic mass is 16.3. The molecule has 1 fully saturated rings. The minimum absolute atomic E-state index is 0.223. The van der Waals surface area contributed by atoms with E-state index in [0.29, 0.717) is 35.6 Å². The van der Waals surface area contributed by atoms with Gasteiger partial charge in [-0.2, -0.15) is 0 Å². The molecule has 0 saturated carbocycles. The molecule has 3 aromatic rings. The van der Waals surface area contributed by atoms with Crippen molar-refractivity contribution in [2.45, 2.75) is 31.8 Å². The van der Waals surface area contributed by atoms with E-state index in [4.69, 9.17) is 10.7 Å². The van der Waals surface area contributed by atoms with Gasteiger partial charge in [0.15, 0.2) is 13.7 Å². The third-order valence-corrected chi connectivity index (χ3v) is 5.52. The molecule has 7 nitrogen and oxygen atoms in total. The van der Waals surface area contributed by atoms with Crippen LogP contribution < -0.4 is 11.5 Å². The second kappa shape index (κ2) is 7.67. The predicted octanol–water partition coefficient (Wildman–Crippen LogP) is 0.600. The number of likely N-dealkylation sites (N-methyl/N-ethyl adjacent to an activating group) is 1. The van der Waals surface area contributed by atoms with Crippen LogP contribution in [0.25, 0.3) is 22.3 Å². The fourth-order valence-electron chi connectivity index (χ4n) is 3.76. The Morgan fingerprint density at radius 2 is 2.00 bits per heavy atom. The molecule has 3 N–H and O–H groups in total. The van der Waals surface area contributed by atoms with Crippen molar-refractivity contribution < 1.29 is 9.90 Å². The molecule has 2 aromatic heterocycles. The summed E-state index contributed by atoms with van der Waals surface area (Å²) < 4.78 is 0. The maximum Gasteiger partial charge on any atom is 0.267 e. The van der Waals surface area contributed by atoms with Crippen molar-refractivity contribution in [1.29, 1.82) is 0 Å². The number of carbonyl (C=O) groups excluding carboxylic acids is 1. The van der Waals surface area contributed by atoms with E-state index >= 15 is 0 Å². The second-order valence-corrected chi connectivity index (χ2v) is 8.27. The molecule has 8 heteroatoms. The van der Waals surface area contributed by atoms with Gasteiger partial charge in [0.2, 0.25) is 5.60 Å². The van der Waals surface area contributed by atoms with Crippen molar-refractivity contribution in [3.8, 4) is 23.1 Å². The van der Waals surface area contributed by atoms with E-state index < -0.39 is 5.60 Å². The van der Waals surface area contributed by atoms with Crippen molar-refractivity contribution in [2.75, 3.05) is 19.3 Å². The van der Waals surface area contributed by atoms with Crippen LogP contribution in [0.1, 0.15) is 37.3 Å². The number of rotatable bonds is 2. The summed E-state index contributed by atoms with van der Waals surface area (Å²) in [4.78, 5) is 27.2. The highest BCUT2D eigenvalue weighted by molar-refractivity contribution is 6.29. The summed E-state index contributed by atoms with van der Waals surface area (Å²) in [7, 11) is 3.48. The molecule has 0 radical (unpaired) electrons. The van der Waals surface area contributed by atoms with Crippen LogP contribution in [0.15, 0.2) is 30.3 Å². The molecule has 1 aliphatic rings. The molecule has 0 spiro atoms. The van der Waals surface area contributed by atoms with Gasteiger partial charge in [-0.1, -0.05) is 37.8 Å². The van der Waals surface area contributed by atoms with Gasteiger partial charge in [0.25, 0.3) is 5.91 Å². The van der Waals surface area contributed by atoms with Crippen LogP contribution >= 0.6 is 0 Å². The number of hydrogen-bond acceptors (Lipinski definition) is 6. The molecule has 4 rings (SSSR count). The first-order chi connectivity index (χ1) is 14.7. The summed E-state index contributed by atoms with van der Waals surface area (Å²) in [6, 6.07) is 9.57. The van der Waals surface area contributed by atoms with Crippen LogP contribution in [-0.2, 0) is 4.79 Å². The number of hydrogen-bond donors (Lipinski definition) is 2. The number of aliphatic hydroxyl groups is 1. The van der Waals surface area contributed by atoms with Crippen molar-refractivity contribution in [2.24, 2.45) is 0 Å². The van der Waals surface area contributed by atoms with E-state index in [-0.39, 0.29) is 11.8 Å². The van der Waals surface area contributed by atoms with Crippen molar-refractivity contribution >= 4 is 36.3 Å². The molecule has 0 unspecified atom stereocenters. The maximum atomic E-state index is 12.2. The van der Waals surface area contributed by atoms with Gasteiger partial charge in [0.1, 0.15) is 5.52 Å². The number of fused-ring (bicyclic) bond motifs is 1. The summed E-state index contributed by atoms with van der Waals surface area (Å²) in [5.41, 5.74) is 9.84. The van der Waals surface area contributed by atoms with Gasteiger partial charge in [0.05, 0.1) is 16.9 Å². The lowest BCUT2D eigenvalue weighted by Crippen LogP contribution is -2.37. The number of pyridine rings is 1. The summed E-state index contributed by atoms with van der Waals surface area (Å²) in [5, 5.41) is 10.5. The zero-order valence-corrected chi connectivity index (χ0v) is 18.1. The van der Waals surface area contributed by atoms with E-state index in [9.17, 15) is 9.90 Å². The predicted molar refractivity (Wildman–Crippen MR) is 124 cm³/mol. The Hall–Kier alpha value is -3.44. The Morgan fingerprint density at radius 1 is 1.23 bits per heavy atom. The fraction of sp³-hybridized carbons (Fsp3) is 0.304. The van der Waals surface area contributed by atoms with Gasteiger partial charge < -0.3 is 15.7 Å². The zero-order chi connectivity index (χ0) is 22.3. The zero-order valence-electron chi connectivity index (χ0n) is 18.1. The van der Waals surface area contributed by atoms with Gasteiger partial charge in [-0.3, -0.25) is 4.79 Å². The number of carbonyl (C=O) groups is 1. The Bertz CT molecular complexity index is 1260. The Morgan fingerprint density at radius 3 is 2.68 bits per heavy atom. The first kappa shape index (κ1) is 20.8. The van der Waals surface area contributed by atoms with Crippen molar-refractivity contribution in [3.05, 3.63) is 41.5 Å². The number of likely N-dealkylation sites (tertiary alicyclic amines) is 1. The van der Waals surface area contributed by atoms with Crippen LogP contribution in [-0.4, -0.2) is 57.9 Å². The smallest absolute Gasteiger partial charge is 0.267 e. The van der Waals surface area contributed by atoms with Crippen LogP contribution in [0.2, 0.25) is 0 Å². The molecule has 31 heavy (non-hydrogen) atoms. The second-order valence-electron chi connectivity index (χ2n) is 8.27. The van der Waals surface area contributed by atoms with Gasteiger partial charge >= 0.3 is 0 Å². The van der Waals surface area contributed by atoms with Crippen molar-refractivity contribution in [1.82, 2.24) is 19.9 Å². The number of aromatic nitrogens is 3. The lowest BCUT2D eigenvalue weighted by Gasteiger charge is -2.14. The third-order valence-electron chi connectivity index (χ3n) is 5.52. The number of nitrogens with zero attached hydrogens (tertiary/aromatic N) is 4. The van der Waals surface area contributed by atoms with Gasteiger partial charge in [-0.05, 0) is 29.7 Å². The van der Waals surface area contributed by atoms with Crippen molar-refractivity contribution in [3.63, 3.8) is 0 Å². The van der Waals surface area contributed by atoms with Gasteiger partial charge in [-0.15, -0.1) is 0 Å². The van der Waals surface area contributed by atoms with Gasteiger partial charge in [0, 0.05) is 31.1 Å². The van der Waals surface area contributed by atoms with E-state index in [2.05, 4.69) is 35.7 Å². The minimum Gasteiger partial charge on any atom is -0.382 e. The highest BCUT2D eigenvalue weighted by Crippen LogP contribution is 2.30. The summed E-state index contributed by atoms with van der Waals surface area (Å²) in [5.74, 6) is 5.93. The topological polar surface area (TPSA) is 105 Å². The molecule has 0 bridgehead atoms. The van der Waals surface area contributed by atoms with E-state index in [0.717, 1.165) is 22.3 Å². The average molecular weight is 413 g/mol. The number of nitrogens with two attached hydrogens (primary N) is 1. The van der Waals surface area contributed by atoms with Crippen LogP contribution in [0.3, 0.4) is 0 Å². The molecule has 1 amide bonds. The molecule has 1 saturated heterocycles. The summed E-state index contributed by atoms with van der Waals surface area (Å²) >= 11 is 0. The monoisotopic (exact) mass is 413 g/mol. The molecule has 1 atom stereocenters. The first-order valence-electron chi connectivity index (χ1n) is 10.2. The lowest BCUT2D eigenvalue weighted by atomic mass is 9.97. The lowest BCUT2D eigenvalue weighted by molar-refractivity contribution is -0.137.